The standard InChI is InChI=1S/C9H11NO4.C9H7N.CH2O/c10-6(9(13)14)3-5-1-2-7(11)8(12)4-5;1-2-6-9-8(4-1)5-3-7-10-9;1-2/h1-2,4,6,11-12H,3,10H2,(H,13,14);1-7H;1H2. The van der Waals surface area contributed by atoms with Crippen LogP contribution in [0, 0.1) is 0 Å². The summed E-state index contributed by atoms with van der Waals surface area (Å²) in [5.41, 5.74) is 6.92. The van der Waals surface area contributed by atoms with Crippen LogP contribution in [0.25, 0.3) is 10.9 Å². The normalized spacial score (nSPS) is 10.7. The third-order valence-corrected chi connectivity index (χ3v) is 3.32. The number of nitrogens with two attached hydrogens (primary N) is 1. The monoisotopic (exact) mass is 356 g/mol. The number of fused-ring (bicyclic) bond motifs is 1. The third kappa shape index (κ3) is 6.21. The highest BCUT2D eigenvalue weighted by atomic mass is 16.4. The molecule has 1 heterocycles. The molecule has 5 N–H and O–H groups in total. The zero-order valence-corrected chi connectivity index (χ0v) is 13.9. The van der Waals surface area contributed by atoms with Crippen molar-refractivity contribution in [3.63, 3.8) is 0 Å². The van der Waals surface area contributed by atoms with Gasteiger partial charge in [0.1, 0.15) is 12.8 Å². The second-order valence-corrected chi connectivity index (χ2v) is 5.17. The number of phenols is 2. The van der Waals surface area contributed by atoms with Crippen LogP contribution in [0.4, 0.5) is 0 Å². The number of carbonyl (C=O) groups excluding carboxylic acids is 1. The Morgan fingerprint density at radius 3 is 2.31 bits per heavy atom. The summed E-state index contributed by atoms with van der Waals surface area (Å²) >= 11 is 0. The highest BCUT2D eigenvalue weighted by molar-refractivity contribution is 5.77. The lowest BCUT2D eigenvalue weighted by Crippen LogP contribution is -2.32. The molecule has 3 rings (SSSR count). The van der Waals surface area contributed by atoms with Gasteiger partial charge in [0.25, 0.3) is 0 Å². The summed E-state index contributed by atoms with van der Waals surface area (Å²) in [6, 6.07) is 15.2. The Kier molecular flexibility index (Phi) is 8.26. The number of nitrogens with zero attached hydrogens (tertiary/aromatic N) is 1. The number of para-hydroxylation sites is 1. The summed E-state index contributed by atoms with van der Waals surface area (Å²) in [5, 5.41) is 27.8. The summed E-state index contributed by atoms with van der Waals surface area (Å²) < 4.78 is 0. The van der Waals surface area contributed by atoms with Gasteiger partial charge < -0.3 is 25.8 Å². The number of hydrogen-bond acceptors (Lipinski definition) is 6. The van der Waals surface area contributed by atoms with Crippen molar-refractivity contribution in [1.82, 2.24) is 4.98 Å². The minimum atomic E-state index is -1.10. The maximum Gasteiger partial charge on any atom is 0.320 e. The van der Waals surface area contributed by atoms with Gasteiger partial charge in [-0.15, -0.1) is 0 Å². The molecule has 2 aromatic carbocycles. The number of carbonyl (C=O) groups is 2. The van der Waals surface area contributed by atoms with Crippen molar-refractivity contribution in [3.05, 3.63) is 66.4 Å². The van der Waals surface area contributed by atoms with Crippen molar-refractivity contribution in [2.45, 2.75) is 12.5 Å². The Bertz CT molecular complexity index is 789. The Hall–Kier alpha value is -3.45. The third-order valence-electron chi connectivity index (χ3n) is 3.32. The van der Waals surface area contributed by atoms with Gasteiger partial charge >= 0.3 is 5.97 Å². The molecule has 7 nitrogen and oxygen atoms in total. The molecule has 0 radical (unpaired) electrons. The highest BCUT2D eigenvalue weighted by Gasteiger charge is 2.12. The van der Waals surface area contributed by atoms with Crippen molar-refractivity contribution >= 4 is 23.7 Å². The topological polar surface area (TPSA) is 134 Å². The molecular formula is C19H20N2O5. The van der Waals surface area contributed by atoms with Gasteiger partial charge in [0, 0.05) is 11.6 Å². The largest absolute Gasteiger partial charge is 0.504 e. The van der Waals surface area contributed by atoms with E-state index in [2.05, 4.69) is 17.1 Å². The molecule has 0 bridgehead atoms. The van der Waals surface area contributed by atoms with Gasteiger partial charge in [-0.1, -0.05) is 30.3 Å². The Labute approximate surface area is 150 Å². The second-order valence-electron chi connectivity index (χ2n) is 5.17. The second kappa shape index (κ2) is 10.4. The molecule has 0 aliphatic carbocycles. The van der Waals surface area contributed by atoms with E-state index in [1.54, 1.807) is 0 Å². The van der Waals surface area contributed by atoms with Gasteiger partial charge in [0.15, 0.2) is 11.5 Å². The Morgan fingerprint density at radius 2 is 1.69 bits per heavy atom. The lowest BCUT2D eigenvalue weighted by atomic mass is 10.1. The SMILES string of the molecule is C=O.NC(Cc1ccc(O)c(O)c1)C(=O)O.c1ccc2ncccc2c1. The highest BCUT2D eigenvalue weighted by Crippen LogP contribution is 2.25. The Morgan fingerprint density at radius 1 is 1.04 bits per heavy atom. The van der Waals surface area contributed by atoms with Crippen LogP contribution in [0.5, 0.6) is 11.5 Å². The number of hydrogen-bond donors (Lipinski definition) is 4. The molecule has 26 heavy (non-hydrogen) atoms. The van der Waals surface area contributed by atoms with Crippen LogP contribution >= 0.6 is 0 Å². The first-order chi connectivity index (χ1) is 12.5. The summed E-state index contributed by atoms with van der Waals surface area (Å²) in [4.78, 5) is 22.6. The Balaban J connectivity index is 0.000000246. The number of aliphatic carboxylic acids is 1. The van der Waals surface area contributed by atoms with E-state index in [0.717, 1.165) is 5.52 Å². The zero-order valence-electron chi connectivity index (χ0n) is 13.9. The number of aromatic nitrogens is 1. The lowest BCUT2D eigenvalue weighted by Gasteiger charge is -2.06. The smallest absolute Gasteiger partial charge is 0.320 e. The van der Waals surface area contributed by atoms with E-state index >= 15 is 0 Å². The minimum absolute atomic E-state index is 0.114. The number of aromatic hydroxyl groups is 2. The van der Waals surface area contributed by atoms with Crippen LogP contribution in [-0.4, -0.2) is 39.1 Å². The number of pyridine rings is 1. The summed E-state index contributed by atoms with van der Waals surface area (Å²) in [6.45, 7) is 2.00. The molecule has 0 amide bonds. The van der Waals surface area contributed by atoms with Gasteiger partial charge in [0.05, 0.1) is 5.52 Å². The number of rotatable bonds is 3. The molecule has 0 saturated heterocycles. The van der Waals surface area contributed by atoms with Gasteiger partial charge in [0.2, 0.25) is 0 Å². The fourth-order valence-corrected chi connectivity index (χ4v) is 2.05. The summed E-state index contributed by atoms with van der Waals surface area (Å²) in [6.07, 6.45) is 1.92. The zero-order chi connectivity index (χ0) is 19.5. The maximum atomic E-state index is 10.4. The predicted octanol–water partition coefficient (Wildman–Crippen LogP) is 2.10. The number of benzene rings is 2. The van der Waals surface area contributed by atoms with Crippen LogP contribution in [0.2, 0.25) is 0 Å². The van der Waals surface area contributed by atoms with E-state index in [0.29, 0.717) is 5.56 Å². The molecule has 136 valence electrons. The van der Waals surface area contributed by atoms with E-state index in [-0.39, 0.29) is 17.9 Å². The van der Waals surface area contributed by atoms with Crippen LogP contribution < -0.4 is 5.73 Å². The average Bonchev–Trinajstić information content (AvgIpc) is 2.67. The van der Waals surface area contributed by atoms with Crippen molar-refractivity contribution in [2.75, 3.05) is 0 Å². The van der Waals surface area contributed by atoms with Crippen molar-refractivity contribution in [2.24, 2.45) is 5.73 Å². The molecule has 0 saturated carbocycles. The van der Waals surface area contributed by atoms with E-state index in [1.165, 1.54) is 23.6 Å². The molecule has 0 aliphatic rings. The van der Waals surface area contributed by atoms with Crippen molar-refractivity contribution < 1.29 is 24.9 Å². The van der Waals surface area contributed by atoms with E-state index < -0.39 is 12.0 Å². The fraction of sp³-hybridized carbons (Fsp3) is 0.105. The molecule has 1 unspecified atom stereocenters. The molecule has 7 heteroatoms. The van der Waals surface area contributed by atoms with Gasteiger partial charge in [-0.05, 0) is 36.2 Å². The van der Waals surface area contributed by atoms with Gasteiger partial charge in [-0.2, -0.15) is 0 Å². The number of carboxylic acid groups (broad SMARTS) is 1. The molecule has 1 atom stereocenters. The van der Waals surface area contributed by atoms with Crippen molar-refractivity contribution in [3.8, 4) is 11.5 Å². The van der Waals surface area contributed by atoms with E-state index in [4.69, 9.17) is 25.8 Å². The summed E-state index contributed by atoms with van der Waals surface area (Å²) in [5.74, 6) is -1.62. The summed E-state index contributed by atoms with van der Waals surface area (Å²) in [7, 11) is 0. The number of phenolic OH excluding ortho intramolecular Hbond substituents is 2. The predicted molar refractivity (Wildman–Crippen MR) is 98.0 cm³/mol. The molecular weight excluding hydrogens is 336 g/mol. The molecule has 3 aromatic rings. The van der Waals surface area contributed by atoms with Crippen LogP contribution in [0.15, 0.2) is 60.8 Å². The quantitative estimate of drug-likeness (QED) is 0.528. The molecule has 1 aromatic heterocycles. The van der Waals surface area contributed by atoms with Crippen LogP contribution in [-0.2, 0) is 16.0 Å². The average molecular weight is 356 g/mol. The van der Waals surface area contributed by atoms with Gasteiger partial charge in [-0.25, -0.2) is 0 Å². The fourth-order valence-electron chi connectivity index (χ4n) is 2.05. The lowest BCUT2D eigenvalue weighted by molar-refractivity contribution is -0.138. The minimum Gasteiger partial charge on any atom is -0.504 e. The number of carboxylic acids is 1. The first kappa shape index (κ1) is 20.6. The first-order valence-electron chi connectivity index (χ1n) is 7.55. The first-order valence-corrected chi connectivity index (χ1v) is 7.55. The van der Waals surface area contributed by atoms with Crippen LogP contribution in [0.3, 0.4) is 0 Å². The van der Waals surface area contributed by atoms with Crippen LogP contribution in [0.1, 0.15) is 5.56 Å². The molecule has 0 aliphatic heterocycles. The molecule has 0 spiro atoms. The van der Waals surface area contributed by atoms with Crippen molar-refractivity contribution in [1.29, 1.82) is 0 Å². The van der Waals surface area contributed by atoms with E-state index in [9.17, 15) is 4.79 Å². The van der Waals surface area contributed by atoms with Gasteiger partial charge in [-0.3, -0.25) is 9.78 Å². The molecule has 0 fully saturated rings. The van der Waals surface area contributed by atoms with E-state index in [1.807, 2.05) is 37.3 Å². The maximum absolute atomic E-state index is 10.4.